The Morgan fingerprint density at radius 1 is 1.14 bits per heavy atom. The summed E-state index contributed by atoms with van der Waals surface area (Å²) in [6.07, 6.45) is 0. The van der Waals surface area contributed by atoms with E-state index in [9.17, 15) is 0 Å². The van der Waals surface area contributed by atoms with Gasteiger partial charge in [0.25, 0.3) is 0 Å². The van der Waals surface area contributed by atoms with E-state index in [1.165, 1.54) is 20.5 Å². The molecule has 1 N–H and O–H groups in total. The number of nitrogens with one attached hydrogen (secondary N) is 1. The Morgan fingerprint density at radius 2 is 1.90 bits per heavy atom. The Kier molecular flexibility index (Phi) is 5.76. The topological polar surface area (TPSA) is 30.5 Å². The van der Waals surface area contributed by atoms with Gasteiger partial charge in [-0.3, -0.25) is 0 Å². The summed E-state index contributed by atoms with van der Waals surface area (Å²) in [6, 6.07) is 8.52. The van der Waals surface area contributed by atoms with E-state index in [4.69, 9.17) is 9.47 Å². The lowest BCUT2D eigenvalue weighted by Gasteiger charge is -2.19. The quantitative estimate of drug-likeness (QED) is 0.786. The molecular weight excluding hydrogens is 282 g/mol. The molecule has 0 atom stereocenters. The molecule has 0 spiro atoms. The first-order chi connectivity index (χ1) is 10.0. The summed E-state index contributed by atoms with van der Waals surface area (Å²) >= 11 is 1.84. The van der Waals surface area contributed by atoms with Gasteiger partial charge in [0.05, 0.1) is 25.4 Å². The normalized spacial score (nSPS) is 12.2. The number of hydrogen-bond acceptors (Lipinski definition) is 4. The van der Waals surface area contributed by atoms with E-state index in [1.54, 1.807) is 0 Å². The standard InChI is InChI=1S/C17H25NO2S/c1-17(2,3)20-10-9-19-12-14-13-7-5-6-8-15(13)21-16(14)11-18-4/h5-8,18H,9-12H2,1-4H3. The molecule has 0 saturated heterocycles. The van der Waals surface area contributed by atoms with Gasteiger partial charge in [-0.15, -0.1) is 11.3 Å². The fourth-order valence-corrected chi connectivity index (χ4v) is 3.41. The van der Waals surface area contributed by atoms with E-state index in [0.29, 0.717) is 19.8 Å². The molecule has 21 heavy (non-hydrogen) atoms. The molecule has 3 nitrogen and oxygen atoms in total. The average Bonchev–Trinajstić information content (AvgIpc) is 2.76. The van der Waals surface area contributed by atoms with Crippen molar-refractivity contribution in [2.24, 2.45) is 0 Å². The van der Waals surface area contributed by atoms with Crippen LogP contribution in [-0.4, -0.2) is 25.9 Å². The molecule has 116 valence electrons. The van der Waals surface area contributed by atoms with Gasteiger partial charge in [-0.25, -0.2) is 0 Å². The van der Waals surface area contributed by atoms with Crippen LogP contribution in [0.1, 0.15) is 31.2 Å². The fraction of sp³-hybridized carbons (Fsp3) is 0.529. The largest absolute Gasteiger partial charge is 0.374 e. The highest BCUT2D eigenvalue weighted by Crippen LogP contribution is 2.31. The maximum Gasteiger partial charge on any atom is 0.0735 e. The highest BCUT2D eigenvalue weighted by atomic mass is 32.1. The average molecular weight is 307 g/mol. The molecule has 1 aromatic carbocycles. The third-order valence-corrected chi connectivity index (χ3v) is 4.34. The van der Waals surface area contributed by atoms with E-state index >= 15 is 0 Å². The van der Waals surface area contributed by atoms with Crippen molar-refractivity contribution in [2.45, 2.75) is 39.5 Å². The van der Waals surface area contributed by atoms with Gasteiger partial charge in [0.1, 0.15) is 0 Å². The minimum atomic E-state index is -0.101. The molecule has 1 heterocycles. The van der Waals surface area contributed by atoms with E-state index in [2.05, 4.69) is 50.4 Å². The molecule has 0 unspecified atom stereocenters. The molecule has 0 amide bonds. The number of fused-ring (bicyclic) bond motifs is 1. The van der Waals surface area contributed by atoms with Crippen LogP contribution in [-0.2, 0) is 22.6 Å². The first kappa shape index (κ1) is 16.4. The molecule has 0 fully saturated rings. The van der Waals surface area contributed by atoms with E-state index in [1.807, 2.05) is 18.4 Å². The van der Waals surface area contributed by atoms with E-state index < -0.39 is 0 Å². The van der Waals surface area contributed by atoms with Crippen molar-refractivity contribution in [1.29, 1.82) is 0 Å². The predicted octanol–water partition coefficient (Wildman–Crippen LogP) is 3.95. The minimum Gasteiger partial charge on any atom is -0.374 e. The fourth-order valence-electron chi connectivity index (χ4n) is 2.19. The number of rotatable bonds is 7. The molecule has 2 rings (SSSR count). The molecule has 4 heteroatoms. The monoisotopic (exact) mass is 307 g/mol. The summed E-state index contributed by atoms with van der Waals surface area (Å²) in [6.45, 7) is 8.97. The molecule has 0 bridgehead atoms. The van der Waals surface area contributed by atoms with Crippen LogP contribution >= 0.6 is 11.3 Å². The van der Waals surface area contributed by atoms with Crippen molar-refractivity contribution < 1.29 is 9.47 Å². The van der Waals surface area contributed by atoms with Crippen LogP contribution in [0, 0.1) is 0 Å². The Morgan fingerprint density at radius 3 is 2.62 bits per heavy atom. The van der Waals surface area contributed by atoms with E-state index in [0.717, 1.165) is 6.54 Å². The van der Waals surface area contributed by atoms with Crippen LogP contribution in [0.25, 0.3) is 10.1 Å². The summed E-state index contributed by atoms with van der Waals surface area (Å²) in [5.41, 5.74) is 1.20. The molecule has 0 aliphatic carbocycles. The third-order valence-electron chi connectivity index (χ3n) is 3.13. The van der Waals surface area contributed by atoms with Gasteiger partial charge in [-0.1, -0.05) is 18.2 Å². The molecule has 1 aromatic heterocycles. The molecule has 0 aliphatic rings. The summed E-state index contributed by atoms with van der Waals surface area (Å²) in [5.74, 6) is 0. The van der Waals surface area contributed by atoms with E-state index in [-0.39, 0.29) is 5.60 Å². The molecule has 2 aromatic rings. The van der Waals surface area contributed by atoms with Crippen molar-refractivity contribution >= 4 is 21.4 Å². The summed E-state index contributed by atoms with van der Waals surface area (Å²) in [7, 11) is 1.98. The Hall–Kier alpha value is -0.940. The maximum atomic E-state index is 5.82. The SMILES string of the molecule is CNCc1sc2ccccc2c1COCCOC(C)(C)C. The van der Waals surface area contributed by atoms with Gasteiger partial charge >= 0.3 is 0 Å². The van der Waals surface area contributed by atoms with Gasteiger partial charge in [0.2, 0.25) is 0 Å². The van der Waals surface area contributed by atoms with Crippen LogP contribution in [0.5, 0.6) is 0 Å². The zero-order valence-electron chi connectivity index (χ0n) is 13.4. The second kappa shape index (κ2) is 7.36. The Labute approximate surface area is 131 Å². The van der Waals surface area contributed by atoms with Gasteiger partial charge in [-0.2, -0.15) is 0 Å². The van der Waals surface area contributed by atoms with Crippen molar-refractivity contribution in [3.63, 3.8) is 0 Å². The Balaban J connectivity index is 1.98. The summed E-state index contributed by atoms with van der Waals surface area (Å²) in [5, 5.41) is 4.55. The summed E-state index contributed by atoms with van der Waals surface area (Å²) in [4.78, 5) is 1.36. The first-order valence-corrected chi connectivity index (χ1v) is 8.18. The van der Waals surface area contributed by atoms with Crippen molar-refractivity contribution in [3.05, 3.63) is 34.7 Å². The number of benzene rings is 1. The van der Waals surface area contributed by atoms with Gasteiger partial charge in [-0.05, 0) is 39.3 Å². The predicted molar refractivity (Wildman–Crippen MR) is 89.9 cm³/mol. The lowest BCUT2D eigenvalue weighted by Crippen LogP contribution is -2.21. The van der Waals surface area contributed by atoms with Crippen LogP contribution in [0.4, 0.5) is 0 Å². The second-order valence-electron chi connectivity index (χ2n) is 6.04. The van der Waals surface area contributed by atoms with Crippen molar-refractivity contribution in [3.8, 4) is 0 Å². The zero-order valence-corrected chi connectivity index (χ0v) is 14.2. The second-order valence-corrected chi connectivity index (χ2v) is 7.18. The smallest absolute Gasteiger partial charge is 0.0735 e. The molecule has 0 radical (unpaired) electrons. The maximum absolute atomic E-state index is 5.82. The van der Waals surface area contributed by atoms with Gasteiger partial charge in [0, 0.05) is 21.7 Å². The number of ether oxygens (including phenoxy) is 2. The van der Waals surface area contributed by atoms with Crippen LogP contribution < -0.4 is 5.32 Å². The third kappa shape index (κ3) is 4.78. The number of thiophene rings is 1. The lowest BCUT2D eigenvalue weighted by molar-refractivity contribution is -0.0376. The van der Waals surface area contributed by atoms with Crippen molar-refractivity contribution in [1.82, 2.24) is 5.32 Å². The van der Waals surface area contributed by atoms with Crippen molar-refractivity contribution in [2.75, 3.05) is 20.3 Å². The van der Waals surface area contributed by atoms with Crippen LogP contribution in [0.3, 0.4) is 0 Å². The minimum absolute atomic E-state index is 0.101. The van der Waals surface area contributed by atoms with Crippen LogP contribution in [0.2, 0.25) is 0 Å². The number of hydrogen-bond donors (Lipinski definition) is 1. The lowest BCUT2D eigenvalue weighted by atomic mass is 10.1. The summed E-state index contributed by atoms with van der Waals surface area (Å²) < 4.78 is 12.8. The van der Waals surface area contributed by atoms with Gasteiger partial charge in [0.15, 0.2) is 0 Å². The zero-order chi connectivity index (χ0) is 15.3. The highest BCUT2D eigenvalue weighted by Gasteiger charge is 2.12. The highest BCUT2D eigenvalue weighted by molar-refractivity contribution is 7.19. The molecule has 0 aliphatic heterocycles. The van der Waals surface area contributed by atoms with Gasteiger partial charge < -0.3 is 14.8 Å². The molecule has 0 saturated carbocycles. The van der Waals surface area contributed by atoms with Crippen LogP contribution in [0.15, 0.2) is 24.3 Å². The molecular formula is C17H25NO2S. The Bertz CT molecular complexity index is 572. The first-order valence-electron chi connectivity index (χ1n) is 7.37.